The van der Waals surface area contributed by atoms with Gasteiger partial charge in [0.05, 0.1) is 29.7 Å². The zero-order valence-electron chi connectivity index (χ0n) is 31.5. The number of fused-ring (bicyclic) bond motifs is 7. The van der Waals surface area contributed by atoms with Crippen LogP contribution in [0.2, 0.25) is 0 Å². The van der Waals surface area contributed by atoms with Gasteiger partial charge in [-0.2, -0.15) is 0 Å². The van der Waals surface area contributed by atoms with Gasteiger partial charge in [0, 0.05) is 77.2 Å². The van der Waals surface area contributed by atoms with Gasteiger partial charge in [0.25, 0.3) is 0 Å². The molecule has 15 heteroatoms. The Hall–Kier alpha value is -5.25. The predicted molar refractivity (Wildman–Crippen MR) is 220 cm³/mol. The number of carbonyl (C=O) groups is 1. The Labute approximate surface area is 335 Å². The molecule has 292 valence electrons. The topological polar surface area (TPSA) is 192 Å². The van der Waals surface area contributed by atoms with Crippen LogP contribution in [-0.2, 0) is 39.4 Å². The lowest BCUT2D eigenvalue weighted by molar-refractivity contribution is -0.186. The molecule has 5 N–H and O–H groups in total. The number of esters is 1. The Balaban J connectivity index is 1.02. The number of carbonyl (C=O) groups excluding carboxylic acids is 1. The maximum atomic E-state index is 14.2. The lowest BCUT2D eigenvalue weighted by Gasteiger charge is -2.52. The highest BCUT2D eigenvalue weighted by molar-refractivity contribution is 8.76. The number of nitrogens with two attached hydrogens (primary N) is 2. The van der Waals surface area contributed by atoms with E-state index >= 15 is 0 Å². The fourth-order valence-corrected chi connectivity index (χ4v) is 11.5. The van der Waals surface area contributed by atoms with Crippen LogP contribution in [0.15, 0.2) is 80.2 Å². The Morgan fingerprint density at radius 2 is 1.93 bits per heavy atom. The van der Waals surface area contributed by atoms with Gasteiger partial charge in [-0.05, 0) is 69.5 Å². The van der Waals surface area contributed by atoms with E-state index in [4.69, 9.17) is 40.1 Å². The Bertz CT molecular complexity index is 2620. The Morgan fingerprint density at radius 3 is 2.77 bits per heavy atom. The van der Waals surface area contributed by atoms with Crippen molar-refractivity contribution >= 4 is 56.4 Å². The first-order valence-electron chi connectivity index (χ1n) is 18.9. The summed E-state index contributed by atoms with van der Waals surface area (Å²) in [7, 11) is 3.29. The van der Waals surface area contributed by atoms with Crippen LogP contribution in [0.3, 0.4) is 0 Å². The molecule has 4 bridgehead atoms. The van der Waals surface area contributed by atoms with Crippen molar-refractivity contribution in [3.63, 3.8) is 0 Å². The van der Waals surface area contributed by atoms with Gasteiger partial charge in [-0.15, -0.1) is 0 Å². The van der Waals surface area contributed by atoms with Crippen molar-refractivity contribution in [1.82, 2.24) is 14.9 Å². The smallest absolute Gasteiger partial charge is 0.341 e. The number of phenols is 1. The normalized spacial score (nSPS) is 28.5. The molecule has 1 aromatic carbocycles. The molecule has 11 rings (SSSR count). The Morgan fingerprint density at radius 1 is 1.07 bits per heavy atom. The van der Waals surface area contributed by atoms with Gasteiger partial charge < -0.3 is 40.1 Å². The standard InChI is InChI=1S/C42H40N6O7S2/c1-21-10-31(49)36-33(52-21)14-32-27(37(36)50)16-42-8-6-25(15-40(42,2)53-32)57-56-20-28-26(13-24(46-38(28)44)18-48-17-23-7-9-45-30(23)19-48)29-11-22(12-35(43)47-29)4-5-34-41(3,54-34)39(51)55-42/h6-14,19,25,34,50H,4-5,15-18,20H2,1-3H3,(H2,43,47)(H2,44,46). The maximum absolute atomic E-state index is 14.2. The second-order valence-electron chi connectivity index (χ2n) is 16.0. The number of nitrogen functional groups attached to an aromatic ring is 2. The van der Waals surface area contributed by atoms with E-state index in [2.05, 4.69) is 16.0 Å². The third-order valence-corrected chi connectivity index (χ3v) is 14.6. The summed E-state index contributed by atoms with van der Waals surface area (Å²) in [5, 5.41) is 11.5. The van der Waals surface area contributed by atoms with Crippen LogP contribution >= 0.6 is 21.6 Å². The molecule has 1 spiro atoms. The summed E-state index contributed by atoms with van der Waals surface area (Å²) < 4.78 is 25.3. The van der Waals surface area contributed by atoms with Crippen molar-refractivity contribution in [2.75, 3.05) is 18.0 Å². The molecule has 1 aliphatic carbocycles. The van der Waals surface area contributed by atoms with Crippen LogP contribution < -0.4 is 21.6 Å². The van der Waals surface area contributed by atoms with Gasteiger partial charge in [-0.1, -0.05) is 27.7 Å². The first-order valence-corrected chi connectivity index (χ1v) is 21.3. The molecule has 57 heavy (non-hydrogen) atoms. The fourth-order valence-electron chi connectivity index (χ4n) is 8.78. The monoisotopic (exact) mass is 804 g/mol. The van der Waals surface area contributed by atoms with Gasteiger partial charge in [-0.25, -0.2) is 14.8 Å². The minimum absolute atomic E-state index is 0.0563. The molecule has 6 aliphatic heterocycles. The fraction of sp³-hybridized carbons (Fsp3) is 0.357. The summed E-state index contributed by atoms with van der Waals surface area (Å²) in [6, 6.07) is 8.94. The third-order valence-electron chi connectivity index (χ3n) is 12.0. The molecule has 1 saturated heterocycles. The van der Waals surface area contributed by atoms with Crippen LogP contribution in [-0.4, -0.2) is 66.9 Å². The second-order valence-corrected chi connectivity index (χ2v) is 18.6. The predicted octanol–water partition coefficient (Wildman–Crippen LogP) is 6.09. The molecule has 7 aliphatic rings. The second kappa shape index (κ2) is 12.9. The molecule has 9 heterocycles. The molecule has 13 nitrogen and oxygen atoms in total. The number of pyridine rings is 2. The number of rotatable bonds is 2. The minimum atomic E-state index is -1.32. The van der Waals surface area contributed by atoms with E-state index in [1.807, 2.05) is 49.7 Å². The number of benzene rings is 1. The van der Waals surface area contributed by atoms with E-state index in [9.17, 15) is 14.7 Å². The zero-order valence-corrected chi connectivity index (χ0v) is 33.2. The number of ether oxygens (including phenoxy) is 3. The summed E-state index contributed by atoms with van der Waals surface area (Å²) in [5.74, 6) is 1.36. The van der Waals surface area contributed by atoms with E-state index in [0.717, 1.165) is 34.6 Å². The molecule has 0 radical (unpaired) electrons. The van der Waals surface area contributed by atoms with Crippen molar-refractivity contribution in [2.45, 2.75) is 86.9 Å². The summed E-state index contributed by atoms with van der Waals surface area (Å²) in [6.07, 6.45) is 11.1. The molecule has 4 aromatic rings. The van der Waals surface area contributed by atoms with Crippen LogP contribution in [0.1, 0.15) is 54.8 Å². The number of anilines is 2. The van der Waals surface area contributed by atoms with Crippen molar-refractivity contribution in [2.24, 2.45) is 4.99 Å². The first kappa shape index (κ1) is 36.1. The molecule has 0 saturated carbocycles. The lowest BCUT2D eigenvalue weighted by atomic mass is 9.70. The molecule has 1 fully saturated rings. The number of epoxide rings is 1. The molecule has 3 aromatic heterocycles. The number of aryl methyl sites for hydroxylation is 2. The maximum Gasteiger partial charge on any atom is 0.341 e. The minimum Gasteiger partial charge on any atom is -0.507 e. The van der Waals surface area contributed by atoms with Crippen LogP contribution in [0.25, 0.3) is 22.2 Å². The van der Waals surface area contributed by atoms with Crippen molar-refractivity contribution in [1.29, 1.82) is 0 Å². The highest BCUT2D eigenvalue weighted by atomic mass is 33.1. The number of phenolic OH excluding ortho intramolecular Hbond substituents is 1. The number of aliphatic imine (C=N–C) groups is 1. The van der Waals surface area contributed by atoms with E-state index in [1.165, 1.54) is 11.6 Å². The largest absolute Gasteiger partial charge is 0.507 e. The molecule has 5 unspecified atom stereocenters. The zero-order chi connectivity index (χ0) is 39.4. The lowest BCUT2D eigenvalue weighted by Crippen LogP contribution is -2.64. The van der Waals surface area contributed by atoms with Crippen molar-refractivity contribution in [3.05, 3.63) is 104 Å². The van der Waals surface area contributed by atoms with Crippen molar-refractivity contribution < 1.29 is 28.5 Å². The number of allylic oxidation sites excluding steroid dienone is 1. The van der Waals surface area contributed by atoms with E-state index in [1.54, 1.807) is 41.5 Å². The first-order chi connectivity index (χ1) is 27.3. The highest BCUT2D eigenvalue weighted by Gasteiger charge is 2.64. The molecule has 5 atom stereocenters. The summed E-state index contributed by atoms with van der Waals surface area (Å²) in [5.41, 5.74) is 16.2. The molecular formula is C42H40N6O7S2. The summed E-state index contributed by atoms with van der Waals surface area (Å²) >= 11 is 0. The quantitative estimate of drug-likeness (QED) is 0.0913. The van der Waals surface area contributed by atoms with E-state index < -0.39 is 28.9 Å². The average molecular weight is 805 g/mol. The van der Waals surface area contributed by atoms with Gasteiger partial charge >= 0.3 is 5.97 Å². The number of nitrogens with zero attached hydrogens (tertiary/aromatic N) is 4. The van der Waals surface area contributed by atoms with Gasteiger partial charge in [0.2, 0.25) is 0 Å². The number of hydrogen-bond acceptors (Lipinski definition) is 15. The van der Waals surface area contributed by atoms with Gasteiger partial charge in [0.15, 0.2) is 22.2 Å². The van der Waals surface area contributed by atoms with Crippen molar-refractivity contribution in [3.8, 4) is 22.8 Å². The third kappa shape index (κ3) is 6.00. The number of hydrogen-bond donors (Lipinski definition) is 3. The summed E-state index contributed by atoms with van der Waals surface area (Å²) in [6.45, 7) is 6.65. The average Bonchev–Trinajstić information content (AvgIpc) is 3.40. The van der Waals surface area contributed by atoms with Crippen LogP contribution in [0.4, 0.5) is 11.6 Å². The van der Waals surface area contributed by atoms with Gasteiger partial charge in [-0.3, -0.25) is 9.79 Å². The Kier molecular flexibility index (Phi) is 8.16. The SMILES string of the molecule is Cc1cc(=O)c2c(O)c3c(cc2o1)OC1(C)CC2C=CC1(C3)OC(=O)C1(C)OC1CCc1cc(N)nc(c1)-c1cc(CN3C=C4N=CC=C4C3)nc(N)c1CSS2. The number of aromatic hydroxyl groups is 1. The molecular weight excluding hydrogens is 765 g/mol. The van der Waals surface area contributed by atoms with E-state index in [-0.39, 0.29) is 33.8 Å². The molecule has 0 amide bonds. The van der Waals surface area contributed by atoms with Crippen LogP contribution in [0.5, 0.6) is 11.5 Å². The number of aromatic nitrogens is 2. The van der Waals surface area contributed by atoms with Gasteiger partial charge in [0.1, 0.15) is 39.9 Å². The van der Waals surface area contributed by atoms with E-state index in [0.29, 0.717) is 66.0 Å². The summed E-state index contributed by atoms with van der Waals surface area (Å²) in [4.78, 5) is 43.6. The van der Waals surface area contributed by atoms with Crippen LogP contribution in [0, 0.1) is 6.92 Å². The highest BCUT2D eigenvalue weighted by Crippen LogP contribution is 2.54.